The van der Waals surface area contributed by atoms with Gasteiger partial charge in [0.15, 0.2) is 0 Å². The highest BCUT2D eigenvalue weighted by molar-refractivity contribution is 9.11. The molecule has 108 valence electrons. The van der Waals surface area contributed by atoms with E-state index in [1.165, 1.54) is 6.07 Å². The maximum absolute atomic E-state index is 12.3. The van der Waals surface area contributed by atoms with Gasteiger partial charge in [-0.1, -0.05) is 34.9 Å². The number of hydrogen-bond donors (Lipinski definition) is 1. The molecule has 0 saturated heterocycles. The van der Waals surface area contributed by atoms with E-state index in [9.17, 15) is 8.42 Å². The summed E-state index contributed by atoms with van der Waals surface area (Å²) in [5.41, 5.74) is 0.691. The van der Waals surface area contributed by atoms with Gasteiger partial charge in [-0.2, -0.15) is 0 Å². The summed E-state index contributed by atoms with van der Waals surface area (Å²) in [5, 5.41) is 3.81. The van der Waals surface area contributed by atoms with Crippen LogP contribution in [-0.2, 0) is 10.0 Å². The maximum atomic E-state index is 12.3. The van der Waals surface area contributed by atoms with E-state index in [1.807, 2.05) is 13.8 Å². The van der Waals surface area contributed by atoms with Crippen LogP contribution in [0.5, 0.6) is 0 Å². The lowest BCUT2D eigenvalue weighted by molar-refractivity contribution is 0.423. The Morgan fingerprint density at radius 3 is 2.55 bits per heavy atom. The van der Waals surface area contributed by atoms with E-state index < -0.39 is 10.0 Å². The first-order chi connectivity index (χ1) is 9.29. The van der Waals surface area contributed by atoms with Crippen LogP contribution in [0.2, 0.25) is 0 Å². The van der Waals surface area contributed by atoms with Crippen molar-refractivity contribution in [3.05, 3.63) is 38.9 Å². The van der Waals surface area contributed by atoms with Crippen LogP contribution in [0.25, 0.3) is 0 Å². The molecule has 0 aliphatic heterocycles. The third-order valence-corrected chi connectivity index (χ3v) is 5.37. The first-order valence-corrected chi connectivity index (χ1v) is 8.81. The van der Waals surface area contributed by atoms with Crippen molar-refractivity contribution in [2.24, 2.45) is 0 Å². The lowest BCUT2D eigenvalue weighted by Gasteiger charge is -2.07. The summed E-state index contributed by atoms with van der Waals surface area (Å²) in [6, 6.07) is 6.48. The second-order valence-electron chi connectivity index (χ2n) is 4.45. The predicted molar refractivity (Wildman–Crippen MR) is 83.2 cm³/mol. The van der Waals surface area contributed by atoms with Crippen molar-refractivity contribution in [1.29, 1.82) is 0 Å². The third-order valence-electron chi connectivity index (χ3n) is 2.54. The zero-order valence-electron chi connectivity index (χ0n) is 10.7. The maximum Gasteiger partial charge on any atom is 0.265 e. The molecule has 1 aromatic carbocycles. The molecule has 0 bridgehead atoms. The lowest BCUT2D eigenvalue weighted by Crippen LogP contribution is -2.13. The number of halogens is 2. The number of rotatable bonds is 4. The highest BCUT2D eigenvalue weighted by Gasteiger charge is 2.20. The minimum atomic E-state index is -3.74. The zero-order valence-corrected chi connectivity index (χ0v) is 14.7. The van der Waals surface area contributed by atoms with Crippen LogP contribution in [0.1, 0.15) is 25.5 Å². The van der Waals surface area contributed by atoms with E-state index in [0.29, 0.717) is 14.6 Å². The molecule has 0 fully saturated rings. The van der Waals surface area contributed by atoms with Crippen molar-refractivity contribution in [1.82, 2.24) is 5.16 Å². The highest BCUT2D eigenvalue weighted by atomic mass is 79.9. The van der Waals surface area contributed by atoms with E-state index in [-0.39, 0.29) is 16.7 Å². The Labute approximate surface area is 134 Å². The van der Waals surface area contributed by atoms with Gasteiger partial charge in [0.05, 0.1) is 5.69 Å². The lowest BCUT2D eigenvalue weighted by atomic mass is 10.1. The van der Waals surface area contributed by atoms with Gasteiger partial charge in [0.25, 0.3) is 10.0 Å². The fourth-order valence-electron chi connectivity index (χ4n) is 1.48. The number of hydrogen-bond acceptors (Lipinski definition) is 4. The molecule has 1 aromatic heterocycles. The predicted octanol–water partition coefficient (Wildman–Crippen LogP) is 4.12. The largest absolute Gasteiger partial charge is 0.338 e. The molecule has 2 aromatic rings. The van der Waals surface area contributed by atoms with Crippen LogP contribution in [0.15, 0.2) is 42.6 Å². The van der Waals surface area contributed by atoms with Crippen LogP contribution in [0.4, 0.5) is 5.88 Å². The van der Waals surface area contributed by atoms with Crippen LogP contribution in [0, 0.1) is 0 Å². The summed E-state index contributed by atoms with van der Waals surface area (Å²) in [6.45, 7) is 3.89. The Hall–Kier alpha value is -0.860. The number of nitrogens with zero attached hydrogens (tertiary/aromatic N) is 1. The summed E-state index contributed by atoms with van der Waals surface area (Å²) in [6.07, 6.45) is 0. The van der Waals surface area contributed by atoms with E-state index >= 15 is 0 Å². The monoisotopic (exact) mass is 422 g/mol. The van der Waals surface area contributed by atoms with Crippen LogP contribution in [-0.4, -0.2) is 13.6 Å². The smallest absolute Gasteiger partial charge is 0.265 e. The zero-order chi connectivity index (χ0) is 14.9. The summed E-state index contributed by atoms with van der Waals surface area (Å²) in [4.78, 5) is 0.120. The van der Waals surface area contributed by atoms with Gasteiger partial charge < -0.3 is 4.52 Å². The minimum Gasteiger partial charge on any atom is -0.338 e. The normalized spacial score (nSPS) is 11.8. The van der Waals surface area contributed by atoms with Gasteiger partial charge in [0, 0.05) is 15.0 Å². The van der Waals surface area contributed by atoms with Crippen molar-refractivity contribution in [2.45, 2.75) is 24.7 Å². The molecule has 0 saturated carbocycles. The van der Waals surface area contributed by atoms with Gasteiger partial charge in [-0.25, -0.2) is 13.1 Å². The Balaban J connectivity index is 2.33. The molecular weight excluding hydrogens is 412 g/mol. The number of aromatic nitrogens is 1. The molecule has 0 spiro atoms. The summed E-state index contributed by atoms with van der Waals surface area (Å²) in [7, 11) is -3.74. The van der Waals surface area contributed by atoms with Gasteiger partial charge in [-0.05, 0) is 40.0 Å². The van der Waals surface area contributed by atoms with Crippen molar-refractivity contribution in [2.75, 3.05) is 4.72 Å². The van der Waals surface area contributed by atoms with Crippen molar-refractivity contribution in [3.63, 3.8) is 0 Å². The highest BCUT2D eigenvalue weighted by Crippen LogP contribution is 2.28. The van der Waals surface area contributed by atoms with E-state index in [1.54, 1.807) is 18.2 Å². The van der Waals surface area contributed by atoms with Gasteiger partial charge in [0.2, 0.25) is 5.88 Å². The van der Waals surface area contributed by atoms with Crippen LogP contribution < -0.4 is 4.72 Å². The minimum absolute atomic E-state index is 0.0978. The Kier molecular flexibility index (Phi) is 4.55. The number of nitrogens with one attached hydrogen (secondary N) is 1. The molecule has 20 heavy (non-hydrogen) atoms. The molecule has 0 aliphatic carbocycles. The fraction of sp³-hybridized carbons (Fsp3) is 0.250. The van der Waals surface area contributed by atoms with E-state index in [0.717, 1.165) is 0 Å². The molecule has 1 N–H and O–H groups in total. The van der Waals surface area contributed by atoms with Gasteiger partial charge in [-0.3, -0.25) is 0 Å². The number of sulfonamides is 1. The van der Waals surface area contributed by atoms with Crippen molar-refractivity contribution < 1.29 is 12.9 Å². The molecule has 0 aliphatic rings. The van der Waals surface area contributed by atoms with E-state index in [4.69, 9.17) is 4.52 Å². The summed E-state index contributed by atoms with van der Waals surface area (Å²) < 4.78 is 33.1. The Morgan fingerprint density at radius 1 is 1.25 bits per heavy atom. The molecule has 0 radical (unpaired) electrons. The third kappa shape index (κ3) is 3.42. The van der Waals surface area contributed by atoms with E-state index in [2.05, 4.69) is 41.7 Å². The molecule has 5 nitrogen and oxygen atoms in total. The standard InChI is InChI=1S/C12H12Br2N2O3S/c1-7(2)10-6-12(19-15-10)16-20(17,18)11-5-8(13)3-4-9(11)14/h3-7,16H,1-2H3. The van der Waals surface area contributed by atoms with Gasteiger partial charge in [-0.15, -0.1) is 0 Å². The fourth-order valence-corrected chi connectivity index (χ4v) is 3.96. The summed E-state index contributed by atoms with van der Waals surface area (Å²) >= 11 is 6.47. The second kappa shape index (κ2) is 5.87. The molecule has 2 rings (SSSR count). The second-order valence-corrected chi connectivity index (χ2v) is 7.87. The first kappa shape index (κ1) is 15.5. The van der Waals surface area contributed by atoms with Crippen LogP contribution in [0.3, 0.4) is 0 Å². The molecular formula is C12H12Br2N2O3S. The number of anilines is 1. The van der Waals surface area contributed by atoms with Gasteiger partial charge >= 0.3 is 0 Å². The molecule has 8 heteroatoms. The van der Waals surface area contributed by atoms with Gasteiger partial charge in [0.1, 0.15) is 4.90 Å². The molecule has 1 heterocycles. The van der Waals surface area contributed by atoms with Crippen molar-refractivity contribution in [3.8, 4) is 0 Å². The topological polar surface area (TPSA) is 72.2 Å². The van der Waals surface area contributed by atoms with Crippen molar-refractivity contribution >= 4 is 47.8 Å². The summed E-state index contributed by atoms with van der Waals surface area (Å²) in [5.74, 6) is 0.259. The SMILES string of the molecule is CC(C)c1cc(NS(=O)(=O)c2cc(Br)ccc2Br)on1. The first-order valence-electron chi connectivity index (χ1n) is 5.74. The average Bonchev–Trinajstić information content (AvgIpc) is 2.80. The molecule has 0 atom stereocenters. The van der Waals surface area contributed by atoms with Crippen LogP contribution >= 0.6 is 31.9 Å². The quantitative estimate of drug-likeness (QED) is 0.802. The Morgan fingerprint density at radius 2 is 1.95 bits per heavy atom. The average molecular weight is 424 g/mol. The molecule has 0 unspecified atom stereocenters. The molecule has 0 amide bonds. The Bertz CT molecular complexity index is 726. The number of benzene rings is 1.